The van der Waals surface area contributed by atoms with Crippen molar-refractivity contribution in [2.24, 2.45) is 0 Å². The van der Waals surface area contributed by atoms with E-state index in [9.17, 15) is 4.79 Å². The van der Waals surface area contributed by atoms with Crippen molar-refractivity contribution in [3.05, 3.63) is 63.7 Å². The quantitative estimate of drug-likeness (QED) is 0.643. The lowest BCUT2D eigenvalue weighted by Gasteiger charge is -2.35. The molecule has 3 aromatic rings. The molecule has 1 amide bonds. The minimum absolute atomic E-state index is 0.201. The average molecular weight is 409 g/mol. The maximum Gasteiger partial charge on any atom is 0.242 e. The Morgan fingerprint density at radius 3 is 2.45 bits per heavy atom. The molecular weight excluding hydrogens is 380 g/mol. The van der Waals surface area contributed by atoms with Gasteiger partial charge in [-0.05, 0) is 32.4 Å². The summed E-state index contributed by atoms with van der Waals surface area (Å²) in [5, 5.41) is 3.16. The minimum atomic E-state index is 0.201. The van der Waals surface area contributed by atoms with Crippen LogP contribution < -0.4 is 0 Å². The zero-order valence-electron chi connectivity index (χ0n) is 17.4. The first kappa shape index (κ1) is 19.9. The number of hydrogen-bond donors (Lipinski definition) is 0. The van der Waals surface area contributed by atoms with Crippen molar-refractivity contribution in [3.63, 3.8) is 0 Å². The van der Waals surface area contributed by atoms with E-state index in [1.807, 2.05) is 17.9 Å². The molecule has 0 N–H and O–H groups in total. The van der Waals surface area contributed by atoms with E-state index in [-0.39, 0.29) is 5.91 Å². The fraction of sp³-hybridized carbons (Fsp3) is 0.391. The van der Waals surface area contributed by atoms with Crippen LogP contribution in [-0.2, 0) is 17.9 Å². The van der Waals surface area contributed by atoms with Crippen molar-refractivity contribution in [3.8, 4) is 11.3 Å². The predicted molar refractivity (Wildman–Crippen MR) is 118 cm³/mol. The van der Waals surface area contributed by atoms with Gasteiger partial charge in [0, 0.05) is 55.1 Å². The third-order valence-corrected chi connectivity index (χ3v) is 6.51. The monoisotopic (exact) mass is 408 g/mol. The lowest BCUT2D eigenvalue weighted by atomic mass is 10.2. The van der Waals surface area contributed by atoms with E-state index in [0.717, 1.165) is 60.4 Å². The van der Waals surface area contributed by atoms with Gasteiger partial charge in [-0.25, -0.2) is 4.98 Å². The highest BCUT2D eigenvalue weighted by atomic mass is 32.1. The van der Waals surface area contributed by atoms with Crippen LogP contribution in [0.4, 0.5) is 0 Å². The zero-order chi connectivity index (χ0) is 20.4. The Morgan fingerprint density at radius 2 is 1.79 bits per heavy atom. The molecule has 152 valence electrons. The summed E-state index contributed by atoms with van der Waals surface area (Å²) in [5.74, 6) is 0.201. The molecule has 3 heterocycles. The number of benzene rings is 1. The van der Waals surface area contributed by atoms with Crippen LogP contribution in [0.1, 0.15) is 22.0 Å². The highest BCUT2D eigenvalue weighted by Gasteiger charge is 2.23. The van der Waals surface area contributed by atoms with Gasteiger partial charge in [-0.1, -0.05) is 30.3 Å². The van der Waals surface area contributed by atoms with Crippen LogP contribution >= 0.6 is 11.3 Å². The number of carbonyl (C=O) groups excluding carboxylic acids is 1. The molecule has 1 fully saturated rings. The molecule has 2 aromatic heterocycles. The Morgan fingerprint density at radius 1 is 1.07 bits per heavy atom. The summed E-state index contributed by atoms with van der Waals surface area (Å²) < 4.78 is 2.13. The SMILES string of the molecule is Cc1nc(-c2cc(C)n(CC(=O)N3CCN(Cc4ccccc4)CC3)c2C)cs1. The Hall–Kier alpha value is -2.44. The second-order valence-corrected chi connectivity index (χ2v) is 8.83. The zero-order valence-corrected chi connectivity index (χ0v) is 18.2. The number of thiazole rings is 1. The maximum absolute atomic E-state index is 13.0. The molecule has 0 unspecified atom stereocenters. The van der Waals surface area contributed by atoms with Crippen molar-refractivity contribution < 1.29 is 4.79 Å². The standard InChI is InChI=1S/C23H28N4OS/c1-17-13-21(22-16-29-19(3)24-22)18(2)27(17)15-23(28)26-11-9-25(10-12-26)14-20-7-5-4-6-8-20/h4-8,13,16H,9-12,14-15H2,1-3H3. The molecule has 0 spiro atoms. The summed E-state index contributed by atoms with van der Waals surface area (Å²) in [6, 6.07) is 12.7. The fourth-order valence-electron chi connectivity index (χ4n) is 4.02. The van der Waals surface area contributed by atoms with Gasteiger partial charge < -0.3 is 9.47 Å². The second-order valence-electron chi connectivity index (χ2n) is 7.77. The molecule has 1 aliphatic rings. The van der Waals surface area contributed by atoms with Gasteiger partial charge in [-0.3, -0.25) is 9.69 Å². The van der Waals surface area contributed by atoms with Crippen molar-refractivity contribution in [1.29, 1.82) is 0 Å². The highest BCUT2D eigenvalue weighted by Crippen LogP contribution is 2.28. The van der Waals surface area contributed by atoms with Gasteiger partial charge in [0.2, 0.25) is 5.91 Å². The first-order chi connectivity index (χ1) is 14.0. The number of carbonyl (C=O) groups is 1. The largest absolute Gasteiger partial charge is 0.339 e. The fourth-order valence-corrected chi connectivity index (χ4v) is 4.64. The second kappa shape index (κ2) is 8.51. The summed E-state index contributed by atoms with van der Waals surface area (Å²) in [7, 11) is 0. The molecule has 0 atom stereocenters. The number of aryl methyl sites for hydroxylation is 2. The smallest absolute Gasteiger partial charge is 0.242 e. The van der Waals surface area contributed by atoms with Gasteiger partial charge >= 0.3 is 0 Å². The number of hydrogen-bond acceptors (Lipinski definition) is 4. The maximum atomic E-state index is 13.0. The van der Waals surface area contributed by atoms with E-state index in [1.54, 1.807) is 11.3 Å². The Balaban J connectivity index is 1.37. The first-order valence-corrected chi connectivity index (χ1v) is 11.0. The number of aromatic nitrogens is 2. The van der Waals surface area contributed by atoms with E-state index in [1.165, 1.54) is 5.56 Å². The molecule has 0 saturated carbocycles. The van der Waals surface area contributed by atoms with Crippen LogP contribution in [0, 0.1) is 20.8 Å². The summed E-state index contributed by atoms with van der Waals surface area (Å²) in [6.45, 7) is 11.0. The number of amides is 1. The molecule has 0 bridgehead atoms. The van der Waals surface area contributed by atoms with Crippen LogP contribution in [0.15, 0.2) is 41.8 Å². The first-order valence-electron chi connectivity index (χ1n) is 10.1. The van der Waals surface area contributed by atoms with Crippen molar-refractivity contribution in [2.45, 2.75) is 33.9 Å². The van der Waals surface area contributed by atoms with E-state index in [0.29, 0.717) is 6.54 Å². The Labute approximate surface area is 176 Å². The lowest BCUT2D eigenvalue weighted by Crippen LogP contribution is -2.49. The molecule has 6 heteroatoms. The molecule has 1 saturated heterocycles. The number of piperazine rings is 1. The third kappa shape index (κ3) is 4.43. The molecule has 29 heavy (non-hydrogen) atoms. The minimum Gasteiger partial charge on any atom is -0.339 e. The molecule has 0 aliphatic carbocycles. The number of nitrogens with zero attached hydrogens (tertiary/aromatic N) is 4. The lowest BCUT2D eigenvalue weighted by molar-refractivity contribution is -0.133. The van der Waals surface area contributed by atoms with Gasteiger partial charge in [0.25, 0.3) is 0 Å². The van der Waals surface area contributed by atoms with Gasteiger partial charge in [0.15, 0.2) is 0 Å². The molecule has 1 aromatic carbocycles. The van der Waals surface area contributed by atoms with Gasteiger partial charge in [0.05, 0.1) is 10.7 Å². The Kier molecular flexibility index (Phi) is 5.83. The van der Waals surface area contributed by atoms with Gasteiger partial charge in [-0.15, -0.1) is 11.3 Å². The van der Waals surface area contributed by atoms with Crippen molar-refractivity contribution in [1.82, 2.24) is 19.4 Å². The summed E-state index contributed by atoms with van der Waals surface area (Å²) >= 11 is 1.66. The van der Waals surface area contributed by atoms with Crippen LogP contribution in [0.2, 0.25) is 0 Å². The van der Waals surface area contributed by atoms with E-state index < -0.39 is 0 Å². The van der Waals surface area contributed by atoms with E-state index >= 15 is 0 Å². The van der Waals surface area contributed by atoms with Gasteiger partial charge in [0.1, 0.15) is 6.54 Å². The summed E-state index contributed by atoms with van der Waals surface area (Å²) in [5.41, 5.74) is 5.69. The van der Waals surface area contributed by atoms with Crippen LogP contribution in [0.5, 0.6) is 0 Å². The summed E-state index contributed by atoms with van der Waals surface area (Å²) in [6.07, 6.45) is 0. The van der Waals surface area contributed by atoms with Gasteiger partial charge in [-0.2, -0.15) is 0 Å². The normalized spacial score (nSPS) is 15.1. The van der Waals surface area contributed by atoms with Crippen molar-refractivity contribution in [2.75, 3.05) is 26.2 Å². The molecule has 1 aliphatic heterocycles. The van der Waals surface area contributed by atoms with Crippen LogP contribution in [0.25, 0.3) is 11.3 Å². The van der Waals surface area contributed by atoms with Crippen molar-refractivity contribution >= 4 is 17.2 Å². The molecule has 5 nitrogen and oxygen atoms in total. The molecule has 4 rings (SSSR count). The summed E-state index contributed by atoms with van der Waals surface area (Å²) in [4.78, 5) is 22.0. The topological polar surface area (TPSA) is 41.4 Å². The van der Waals surface area contributed by atoms with Crippen LogP contribution in [-0.4, -0.2) is 51.4 Å². The average Bonchev–Trinajstić information content (AvgIpc) is 3.27. The Bertz CT molecular complexity index is 984. The molecule has 0 radical (unpaired) electrons. The molecular formula is C23H28N4OS. The third-order valence-electron chi connectivity index (χ3n) is 5.74. The predicted octanol–water partition coefficient (Wildman–Crippen LogP) is 3.88. The van der Waals surface area contributed by atoms with E-state index in [2.05, 4.69) is 64.0 Å². The van der Waals surface area contributed by atoms with Crippen LogP contribution in [0.3, 0.4) is 0 Å². The van der Waals surface area contributed by atoms with E-state index in [4.69, 9.17) is 0 Å². The highest BCUT2D eigenvalue weighted by molar-refractivity contribution is 7.09. The number of rotatable bonds is 5.